The van der Waals surface area contributed by atoms with Crippen LogP contribution in [-0.4, -0.2) is 19.3 Å². The van der Waals surface area contributed by atoms with E-state index < -0.39 is 0 Å². The zero-order valence-electron chi connectivity index (χ0n) is 10.6. The molecule has 3 aromatic heterocycles. The second-order valence-corrected chi connectivity index (χ2v) is 5.26. The van der Waals surface area contributed by atoms with Gasteiger partial charge in [-0.1, -0.05) is 0 Å². The molecule has 0 saturated carbocycles. The van der Waals surface area contributed by atoms with E-state index in [4.69, 9.17) is 5.73 Å². The maximum Gasteiger partial charge on any atom is 0.202 e. The molecule has 0 fully saturated rings. The Hall–Kier alpha value is -1.82. The molecular weight excluding hydrogens is 246 g/mol. The van der Waals surface area contributed by atoms with E-state index in [0.717, 1.165) is 23.4 Å². The van der Waals surface area contributed by atoms with Crippen LogP contribution >= 0.6 is 11.3 Å². The van der Waals surface area contributed by atoms with Crippen LogP contribution < -0.4 is 5.73 Å². The number of rotatable bonds is 2. The smallest absolute Gasteiger partial charge is 0.202 e. The molecule has 0 aliphatic heterocycles. The topological polar surface area (TPSA) is 61.7 Å². The Labute approximate surface area is 109 Å². The van der Waals surface area contributed by atoms with Crippen LogP contribution in [0.4, 0.5) is 5.95 Å². The second-order valence-electron chi connectivity index (χ2n) is 4.52. The molecule has 3 rings (SSSR count). The van der Waals surface area contributed by atoms with Crippen molar-refractivity contribution in [3.8, 4) is 0 Å². The van der Waals surface area contributed by atoms with Crippen LogP contribution in [0.25, 0.3) is 11.2 Å². The summed E-state index contributed by atoms with van der Waals surface area (Å²) < 4.78 is 3.86. The molecule has 0 aliphatic rings. The van der Waals surface area contributed by atoms with Gasteiger partial charge in [-0.25, -0.2) is 4.98 Å². The van der Waals surface area contributed by atoms with Gasteiger partial charge in [0.1, 0.15) is 5.52 Å². The highest BCUT2D eigenvalue weighted by Gasteiger charge is 2.16. The van der Waals surface area contributed by atoms with Gasteiger partial charge in [0.15, 0.2) is 5.65 Å². The molecule has 5 nitrogen and oxygen atoms in total. The SMILES string of the molecule is Cc1cscc1Cn1c(N)nc2c(C)nn(C)c21. The number of aromatic nitrogens is 4. The molecule has 0 spiro atoms. The standard InChI is InChI=1S/C12H15N5S/c1-7-5-18-6-9(7)4-17-11-10(14-12(17)13)8(2)15-16(11)3/h5-6H,4H2,1-3H3,(H2,13,14). The third kappa shape index (κ3) is 1.53. The average molecular weight is 261 g/mol. The summed E-state index contributed by atoms with van der Waals surface area (Å²) in [6, 6.07) is 0. The molecular formula is C12H15N5S. The third-order valence-corrected chi connectivity index (χ3v) is 4.12. The largest absolute Gasteiger partial charge is 0.369 e. The summed E-state index contributed by atoms with van der Waals surface area (Å²) in [6.45, 7) is 4.82. The molecule has 0 atom stereocenters. The summed E-state index contributed by atoms with van der Waals surface area (Å²) >= 11 is 1.71. The number of nitrogens with two attached hydrogens (primary N) is 1. The highest BCUT2D eigenvalue weighted by molar-refractivity contribution is 7.08. The molecule has 0 unspecified atom stereocenters. The molecule has 3 aromatic rings. The minimum Gasteiger partial charge on any atom is -0.369 e. The van der Waals surface area contributed by atoms with E-state index in [1.54, 1.807) is 11.3 Å². The fraction of sp³-hybridized carbons (Fsp3) is 0.333. The molecule has 94 valence electrons. The fourth-order valence-corrected chi connectivity index (χ4v) is 3.07. The number of hydrogen-bond acceptors (Lipinski definition) is 4. The lowest BCUT2D eigenvalue weighted by Crippen LogP contribution is -2.08. The van der Waals surface area contributed by atoms with Crippen molar-refractivity contribution in [2.45, 2.75) is 20.4 Å². The van der Waals surface area contributed by atoms with Crippen LogP contribution in [0.15, 0.2) is 10.8 Å². The average Bonchev–Trinajstić information content (AvgIpc) is 2.92. The minimum absolute atomic E-state index is 0.548. The van der Waals surface area contributed by atoms with Gasteiger partial charge < -0.3 is 5.73 Å². The predicted molar refractivity (Wildman–Crippen MR) is 73.8 cm³/mol. The summed E-state index contributed by atoms with van der Waals surface area (Å²) in [4.78, 5) is 4.40. The van der Waals surface area contributed by atoms with Crippen LogP contribution in [-0.2, 0) is 13.6 Å². The van der Waals surface area contributed by atoms with Crippen LogP contribution in [0.1, 0.15) is 16.8 Å². The van der Waals surface area contributed by atoms with Crippen molar-refractivity contribution in [3.05, 3.63) is 27.6 Å². The summed E-state index contributed by atoms with van der Waals surface area (Å²) in [5, 5.41) is 8.69. The first-order valence-corrected chi connectivity index (χ1v) is 6.69. The third-order valence-electron chi connectivity index (χ3n) is 3.21. The lowest BCUT2D eigenvalue weighted by molar-refractivity contribution is 0.725. The predicted octanol–water partition coefficient (Wildman–Crippen LogP) is 2.08. The van der Waals surface area contributed by atoms with Crippen molar-refractivity contribution in [3.63, 3.8) is 0 Å². The maximum atomic E-state index is 6.02. The summed E-state index contributed by atoms with van der Waals surface area (Å²) in [7, 11) is 1.92. The molecule has 18 heavy (non-hydrogen) atoms. The van der Waals surface area contributed by atoms with E-state index in [9.17, 15) is 0 Å². The highest BCUT2D eigenvalue weighted by Crippen LogP contribution is 2.23. The Balaban J connectivity index is 2.17. The van der Waals surface area contributed by atoms with Gasteiger partial charge in [-0.2, -0.15) is 16.4 Å². The molecule has 6 heteroatoms. The zero-order chi connectivity index (χ0) is 12.9. The van der Waals surface area contributed by atoms with E-state index in [-0.39, 0.29) is 0 Å². The Morgan fingerprint density at radius 1 is 1.33 bits per heavy atom. The van der Waals surface area contributed by atoms with Gasteiger partial charge in [0.25, 0.3) is 0 Å². The van der Waals surface area contributed by atoms with Crippen molar-refractivity contribution in [2.75, 3.05) is 5.73 Å². The second kappa shape index (κ2) is 3.84. The van der Waals surface area contributed by atoms with Gasteiger partial charge >= 0.3 is 0 Å². The van der Waals surface area contributed by atoms with Crippen molar-refractivity contribution in [1.82, 2.24) is 19.3 Å². The Morgan fingerprint density at radius 3 is 2.78 bits per heavy atom. The number of anilines is 1. The van der Waals surface area contributed by atoms with Crippen molar-refractivity contribution in [2.24, 2.45) is 7.05 Å². The molecule has 0 amide bonds. The molecule has 0 aromatic carbocycles. The Bertz CT molecular complexity index is 718. The lowest BCUT2D eigenvalue weighted by atomic mass is 10.2. The molecule has 3 heterocycles. The fourth-order valence-electron chi connectivity index (χ4n) is 2.23. The maximum absolute atomic E-state index is 6.02. The van der Waals surface area contributed by atoms with Crippen molar-refractivity contribution in [1.29, 1.82) is 0 Å². The number of hydrogen-bond donors (Lipinski definition) is 1. The lowest BCUT2D eigenvalue weighted by Gasteiger charge is -2.06. The number of fused-ring (bicyclic) bond motifs is 1. The molecule has 0 radical (unpaired) electrons. The Morgan fingerprint density at radius 2 is 2.11 bits per heavy atom. The van der Waals surface area contributed by atoms with Crippen molar-refractivity contribution >= 4 is 28.4 Å². The minimum atomic E-state index is 0.548. The molecule has 0 bridgehead atoms. The quantitative estimate of drug-likeness (QED) is 0.768. The number of aryl methyl sites for hydroxylation is 3. The summed E-state index contributed by atoms with van der Waals surface area (Å²) in [5.74, 6) is 0.548. The van der Waals surface area contributed by atoms with Crippen LogP contribution in [0.5, 0.6) is 0 Å². The highest BCUT2D eigenvalue weighted by atomic mass is 32.1. The van der Waals surface area contributed by atoms with Gasteiger partial charge in [0.05, 0.1) is 12.2 Å². The van der Waals surface area contributed by atoms with E-state index >= 15 is 0 Å². The van der Waals surface area contributed by atoms with E-state index in [1.807, 2.05) is 23.2 Å². The normalized spacial score (nSPS) is 11.5. The number of thiophene rings is 1. The van der Waals surface area contributed by atoms with Gasteiger partial charge in [-0.05, 0) is 35.7 Å². The number of nitrogens with zero attached hydrogens (tertiary/aromatic N) is 4. The molecule has 2 N–H and O–H groups in total. The van der Waals surface area contributed by atoms with Gasteiger partial charge in [-0.3, -0.25) is 9.25 Å². The monoisotopic (exact) mass is 261 g/mol. The van der Waals surface area contributed by atoms with E-state index in [0.29, 0.717) is 5.95 Å². The van der Waals surface area contributed by atoms with Crippen LogP contribution in [0.2, 0.25) is 0 Å². The first-order chi connectivity index (χ1) is 8.58. The first-order valence-electron chi connectivity index (χ1n) is 5.75. The van der Waals surface area contributed by atoms with Crippen LogP contribution in [0, 0.1) is 13.8 Å². The molecule has 0 aliphatic carbocycles. The van der Waals surface area contributed by atoms with Gasteiger partial charge in [0.2, 0.25) is 5.95 Å². The van der Waals surface area contributed by atoms with E-state index in [2.05, 4.69) is 27.8 Å². The van der Waals surface area contributed by atoms with Crippen LogP contribution in [0.3, 0.4) is 0 Å². The van der Waals surface area contributed by atoms with Gasteiger partial charge in [-0.15, -0.1) is 0 Å². The number of nitrogen functional groups attached to an aromatic ring is 1. The van der Waals surface area contributed by atoms with E-state index in [1.165, 1.54) is 11.1 Å². The molecule has 0 saturated heterocycles. The Kier molecular flexibility index (Phi) is 2.41. The van der Waals surface area contributed by atoms with Crippen molar-refractivity contribution < 1.29 is 0 Å². The van der Waals surface area contributed by atoms with Gasteiger partial charge in [0, 0.05) is 7.05 Å². The number of imidazole rings is 1. The summed E-state index contributed by atoms with van der Waals surface area (Å²) in [5.41, 5.74) is 11.4. The summed E-state index contributed by atoms with van der Waals surface area (Å²) in [6.07, 6.45) is 0. The zero-order valence-corrected chi connectivity index (χ0v) is 11.5. The first kappa shape index (κ1) is 11.3.